The standard InChI is InChI=1S/C13H13BrFN3O2S/c1-8-3-10(15)6-11(4-8)18-21(19,20)12-5-9(14)7-17-13(12)16-2/h3-7,18H,1-2H3,(H,16,17). The molecule has 0 bridgehead atoms. The van der Waals surface area contributed by atoms with Crippen molar-refractivity contribution in [2.24, 2.45) is 0 Å². The van der Waals surface area contributed by atoms with Gasteiger partial charge in [-0.25, -0.2) is 17.8 Å². The normalized spacial score (nSPS) is 11.2. The minimum absolute atomic E-state index is 0.0266. The molecule has 5 nitrogen and oxygen atoms in total. The Balaban J connectivity index is 2.45. The number of sulfonamides is 1. The van der Waals surface area contributed by atoms with Gasteiger partial charge in [0.2, 0.25) is 0 Å². The fourth-order valence-corrected chi connectivity index (χ4v) is 3.53. The van der Waals surface area contributed by atoms with Crippen LogP contribution in [0.4, 0.5) is 15.9 Å². The number of aromatic nitrogens is 1. The zero-order chi connectivity index (χ0) is 15.6. The number of benzene rings is 1. The molecule has 112 valence electrons. The molecular formula is C13H13BrFN3O2S. The van der Waals surface area contributed by atoms with E-state index in [1.165, 1.54) is 18.3 Å². The zero-order valence-electron chi connectivity index (χ0n) is 11.3. The van der Waals surface area contributed by atoms with Gasteiger partial charge in [0.05, 0.1) is 5.69 Å². The Morgan fingerprint density at radius 2 is 1.95 bits per heavy atom. The molecule has 0 aliphatic heterocycles. The molecular weight excluding hydrogens is 361 g/mol. The van der Waals surface area contributed by atoms with E-state index < -0.39 is 15.8 Å². The van der Waals surface area contributed by atoms with Crippen molar-refractivity contribution in [1.29, 1.82) is 0 Å². The third kappa shape index (κ3) is 3.70. The Morgan fingerprint density at radius 3 is 2.57 bits per heavy atom. The lowest BCUT2D eigenvalue weighted by atomic mass is 10.2. The molecule has 21 heavy (non-hydrogen) atoms. The van der Waals surface area contributed by atoms with Gasteiger partial charge in [0, 0.05) is 17.7 Å². The van der Waals surface area contributed by atoms with Crippen LogP contribution in [0.3, 0.4) is 0 Å². The largest absolute Gasteiger partial charge is 0.372 e. The Kier molecular flexibility index (Phi) is 4.48. The summed E-state index contributed by atoms with van der Waals surface area (Å²) in [5.74, 6) is -0.298. The minimum Gasteiger partial charge on any atom is -0.372 e. The highest BCUT2D eigenvalue weighted by Gasteiger charge is 2.20. The maximum atomic E-state index is 13.3. The molecule has 0 radical (unpaired) electrons. The molecule has 2 N–H and O–H groups in total. The Labute approximate surface area is 130 Å². The highest BCUT2D eigenvalue weighted by molar-refractivity contribution is 9.10. The number of hydrogen-bond acceptors (Lipinski definition) is 4. The van der Waals surface area contributed by atoms with E-state index in [2.05, 4.69) is 31.0 Å². The van der Waals surface area contributed by atoms with Crippen molar-refractivity contribution < 1.29 is 12.8 Å². The van der Waals surface area contributed by atoms with Crippen LogP contribution in [0.15, 0.2) is 39.8 Å². The van der Waals surface area contributed by atoms with Crippen molar-refractivity contribution >= 4 is 37.5 Å². The third-order valence-electron chi connectivity index (χ3n) is 2.64. The van der Waals surface area contributed by atoms with Gasteiger partial charge in [-0.3, -0.25) is 4.72 Å². The second-order valence-electron chi connectivity index (χ2n) is 4.37. The van der Waals surface area contributed by atoms with Crippen LogP contribution < -0.4 is 10.0 Å². The SMILES string of the molecule is CNc1ncc(Br)cc1S(=O)(=O)Nc1cc(C)cc(F)c1. The summed E-state index contributed by atoms with van der Waals surface area (Å²) < 4.78 is 41.1. The quantitative estimate of drug-likeness (QED) is 0.863. The van der Waals surface area contributed by atoms with Gasteiger partial charge in [0.1, 0.15) is 16.5 Å². The fourth-order valence-electron chi connectivity index (χ4n) is 1.82. The molecule has 0 unspecified atom stereocenters. The van der Waals surface area contributed by atoms with Crippen molar-refractivity contribution in [1.82, 2.24) is 4.98 Å². The lowest BCUT2D eigenvalue weighted by Crippen LogP contribution is -2.15. The van der Waals surface area contributed by atoms with E-state index in [1.807, 2.05) is 0 Å². The molecule has 2 aromatic rings. The molecule has 0 saturated heterocycles. The number of nitrogens with zero attached hydrogens (tertiary/aromatic N) is 1. The van der Waals surface area contributed by atoms with Gasteiger partial charge in [0.15, 0.2) is 0 Å². The summed E-state index contributed by atoms with van der Waals surface area (Å²) >= 11 is 3.18. The number of pyridine rings is 1. The van der Waals surface area contributed by atoms with Crippen LogP contribution in [-0.2, 0) is 10.0 Å². The number of nitrogens with one attached hydrogen (secondary N) is 2. The van der Waals surface area contributed by atoms with E-state index in [-0.39, 0.29) is 16.4 Å². The van der Waals surface area contributed by atoms with Gasteiger partial charge in [-0.2, -0.15) is 0 Å². The van der Waals surface area contributed by atoms with Crippen LogP contribution in [-0.4, -0.2) is 20.4 Å². The third-order valence-corrected chi connectivity index (χ3v) is 4.47. The van der Waals surface area contributed by atoms with Crippen LogP contribution in [0.1, 0.15) is 5.56 Å². The Morgan fingerprint density at radius 1 is 1.24 bits per heavy atom. The molecule has 8 heteroatoms. The molecule has 0 atom stereocenters. The van der Waals surface area contributed by atoms with E-state index in [4.69, 9.17) is 0 Å². The summed E-state index contributed by atoms with van der Waals surface area (Å²) in [6.45, 7) is 1.68. The summed E-state index contributed by atoms with van der Waals surface area (Å²) in [6.07, 6.45) is 1.48. The van der Waals surface area contributed by atoms with Crippen molar-refractivity contribution in [3.05, 3.63) is 46.3 Å². The van der Waals surface area contributed by atoms with Crippen LogP contribution in [0, 0.1) is 12.7 Å². The van der Waals surface area contributed by atoms with Gasteiger partial charge in [-0.05, 0) is 52.7 Å². The first-order chi connectivity index (χ1) is 9.81. The molecule has 0 fully saturated rings. The first-order valence-electron chi connectivity index (χ1n) is 5.95. The van der Waals surface area contributed by atoms with Gasteiger partial charge in [-0.1, -0.05) is 0 Å². The van der Waals surface area contributed by atoms with Crippen molar-refractivity contribution in [2.75, 3.05) is 17.1 Å². The summed E-state index contributed by atoms with van der Waals surface area (Å²) in [7, 11) is -2.31. The minimum atomic E-state index is -3.88. The van der Waals surface area contributed by atoms with Gasteiger partial charge in [0.25, 0.3) is 10.0 Å². The average Bonchev–Trinajstić information content (AvgIpc) is 2.36. The van der Waals surface area contributed by atoms with Crippen molar-refractivity contribution in [3.8, 4) is 0 Å². The topological polar surface area (TPSA) is 71.1 Å². The smallest absolute Gasteiger partial charge is 0.265 e. The number of rotatable bonds is 4. The van der Waals surface area contributed by atoms with Crippen molar-refractivity contribution in [3.63, 3.8) is 0 Å². The molecule has 0 spiro atoms. The highest BCUT2D eigenvalue weighted by atomic mass is 79.9. The molecule has 0 aliphatic carbocycles. The Hall–Kier alpha value is -1.67. The fraction of sp³-hybridized carbons (Fsp3) is 0.154. The predicted molar refractivity (Wildman–Crippen MR) is 83.4 cm³/mol. The van der Waals surface area contributed by atoms with Gasteiger partial charge < -0.3 is 5.32 Å². The molecule has 0 aliphatic rings. The first kappa shape index (κ1) is 15.7. The van der Waals surface area contributed by atoms with E-state index in [1.54, 1.807) is 20.0 Å². The lowest BCUT2D eigenvalue weighted by Gasteiger charge is -2.12. The monoisotopic (exact) mass is 373 g/mol. The lowest BCUT2D eigenvalue weighted by molar-refractivity contribution is 0.601. The maximum Gasteiger partial charge on any atom is 0.265 e. The summed E-state index contributed by atoms with van der Waals surface area (Å²) in [5.41, 5.74) is 0.781. The summed E-state index contributed by atoms with van der Waals surface area (Å²) in [6, 6.07) is 5.41. The Bertz CT molecular complexity index is 761. The maximum absolute atomic E-state index is 13.3. The van der Waals surface area contributed by atoms with E-state index >= 15 is 0 Å². The van der Waals surface area contributed by atoms with Crippen LogP contribution in [0.5, 0.6) is 0 Å². The predicted octanol–water partition coefficient (Wildman–Crippen LogP) is 3.13. The molecule has 1 aromatic heterocycles. The van der Waals surface area contributed by atoms with Crippen LogP contribution >= 0.6 is 15.9 Å². The average molecular weight is 374 g/mol. The van der Waals surface area contributed by atoms with Crippen molar-refractivity contribution in [2.45, 2.75) is 11.8 Å². The van der Waals surface area contributed by atoms with E-state index in [0.717, 1.165) is 6.07 Å². The highest BCUT2D eigenvalue weighted by Crippen LogP contribution is 2.25. The number of hydrogen-bond donors (Lipinski definition) is 2. The molecule has 0 amide bonds. The summed E-state index contributed by atoms with van der Waals surface area (Å²) in [4.78, 5) is 3.96. The van der Waals surface area contributed by atoms with Gasteiger partial charge >= 0.3 is 0 Å². The van der Waals surface area contributed by atoms with Crippen LogP contribution in [0.25, 0.3) is 0 Å². The van der Waals surface area contributed by atoms with E-state index in [9.17, 15) is 12.8 Å². The molecule has 1 heterocycles. The van der Waals surface area contributed by atoms with Crippen LogP contribution in [0.2, 0.25) is 0 Å². The number of anilines is 2. The molecule has 0 saturated carbocycles. The first-order valence-corrected chi connectivity index (χ1v) is 8.23. The second-order valence-corrected chi connectivity index (χ2v) is 6.94. The molecule has 1 aromatic carbocycles. The van der Waals surface area contributed by atoms with E-state index in [0.29, 0.717) is 10.0 Å². The zero-order valence-corrected chi connectivity index (χ0v) is 13.7. The number of halogens is 2. The summed E-state index contributed by atoms with van der Waals surface area (Å²) in [5, 5.41) is 2.71. The molecule has 2 rings (SSSR count). The van der Waals surface area contributed by atoms with Gasteiger partial charge in [-0.15, -0.1) is 0 Å². The second kappa shape index (κ2) is 5.98. The number of aryl methyl sites for hydroxylation is 1.